The molecular formula is C25H29N5O3. The maximum atomic E-state index is 12.5. The number of fused-ring (bicyclic) bond motifs is 1. The van der Waals surface area contributed by atoms with Crippen molar-refractivity contribution >= 4 is 17.0 Å². The molecule has 0 aliphatic carbocycles. The molecule has 4 rings (SSSR count). The standard InChI is InChI=1S/C25H29N5O3/c1-5-19-21-20(11-14-27-22(21)32-15-18-9-7-6-8-10-18)30(28-19)25(12-13-26)16-29(17-25)23(31)33-24(2,3)4/h6-11,14H,5,12,15-17H2,1-4H3. The molecule has 3 heterocycles. The van der Waals surface area contributed by atoms with Gasteiger partial charge in [0.15, 0.2) is 0 Å². The Kier molecular flexibility index (Phi) is 5.98. The van der Waals surface area contributed by atoms with Crippen molar-refractivity contribution in [2.24, 2.45) is 0 Å². The first-order chi connectivity index (χ1) is 15.8. The Hall–Kier alpha value is -3.60. The monoisotopic (exact) mass is 447 g/mol. The molecule has 1 saturated heterocycles. The number of benzene rings is 1. The van der Waals surface area contributed by atoms with E-state index < -0.39 is 11.1 Å². The van der Waals surface area contributed by atoms with Crippen LogP contribution in [-0.2, 0) is 23.3 Å². The number of rotatable bonds is 6. The summed E-state index contributed by atoms with van der Waals surface area (Å²) in [6.07, 6.45) is 2.24. The fourth-order valence-electron chi connectivity index (χ4n) is 4.14. The van der Waals surface area contributed by atoms with Gasteiger partial charge in [-0.05, 0) is 38.8 Å². The molecule has 0 spiro atoms. The Balaban J connectivity index is 1.66. The minimum Gasteiger partial charge on any atom is -0.472 e. The van der Waals surface area contributed by atoms with Gasteiger partial charge in [0.2, 0.25) is 5.88 Å². The number of carbonyl (C=O) groups excluding carboxylic acids is 1. The number of hydrogen-bond donors (Lipinski definition) is 0. The van der Waals surface area contributed by atoms with Crippen molar-refractivity contribution in [1.82, 2.24) is 19.7 Å². The van der Waals surface area contributed by atoms with E-state index in [-0.39, 0.29) is 12.5 Å². The highest BCUT2D eigenvalue weighted by molar-refractivity contribution is 5.87. The third-order valence-corrected chi connectivity index (χ3v) is 5.66. The highest BCUT2D eigenvalue weighted by Crippen LogP contribution is 2.38. The summed E-state index contributed by atoms with van der Waals surface area (Å²) in [7, 11) is 0. The summed E-state index contributed by atoms with van der Waals surface area (Å²) in [5.74, 6) is 0.523. The number of ether oxygens (including phenoxy) is 2. The van der Waals surface area contributed by atoms with Crippen molar-refractivity contribution in [3.63, 3.8) is 0 Å². The van der Waals surface area contributed by atoms with Crippen molar-refractivity contribution in [3.8, 4) is 11.9 Å². The SMILES string of the molecule is CCc1nn(C2(CC#N)CN(C(=O)OC(C)(C)C)C2)c2ccnc(OCc3ccccc3)c12. The molecule has 0 unspecified atom stereocenters. The van der Waals surface area contributed by atoms with Gasteiger partial charge < -0.3 is 14.4 Å². The molecule has 172 valence electrons. The smallest absolute Gasteiger partial charge is 0.410 e. The molecule has 0 bridgehead atoms. The van der Waals surface area contributed by atoms with Crippen molar-refractivity contribution in [2.45, 2.75) is 58.3 Å². The van der Waals surface area contributed by atoms with Crippen LogP contribution < -0.4 is 4.74 Å². The molecule has 1 aliphatic rings. The van der Waals surface area contributed by atoms with Gasteiger partial charge in [-0.1, -0.05) is 37.3 Å². The van der Waals surface area contributed by atoms with E-state index in [1.165, 1.54) is 0 Å². The van der Waals surface area contributed by atoms with Gasteiger partial charge >= 0.3 is 6.09 Å². The van der Waals surface area contributed by atoms with Crippen molar-refractivity contribution in [1.29, 1.82) is 5.26 Å². The number of amides is 1. The summed E-state index contributed by atoms with van der Waals surface area (Å²) < 4.78 is 13.5. The summed E-state index contributed by atoms with van der Waals surface area (Å²) in [6, 6.07) is 14.1. The van der Waals surface area contributed by atoms with E-state index in [0.29, 0.717) is 32.0 Å². The summed E-state index contributed by atoms with van der Waals surface area (Å²) in [4.78, 5) is 18.6. The Labute approximate surface area is 193 Å². The number of aryl methyl sites for hydroxylation is 1. The van der Waals surface area contributed by atoms with Crippen molar-refractivity contribution in [3.05, 3.63) is 53.9 Å². The van der Waals surface area contributed by atoms with E-state index in [2.05, 4.69) is 11.1 Å². The molecule has 1 aliphatic heterocycles. The quantitative estimate of drug-likeness (QED) is 0.555. The molecule has 0 radical (unpaired) electrons. The van der Waals surface area contributed by atoms with E-state index in [9.17, 15) is 10.1 Å². The molecule has 33 heavy (non-hydrogen) atoms. The largest absolute Gasteiger partial charge is 0.472 e. The number of likely N-dealkylation sites (tertiary alicyclic amines) is 1. The maximum Gasteiger partial charge on any atom is 0.410 e. The Bertz CT molecular complexity index is 1180. The van der Waals surface area contributed by atoms with Gasteiger partial charge in [0.1, 0.15) is 17.7 Å². The van der Waals surface area contributed by atoms with Crippen molar-refractivity contribution in [2.75, 3.05) is 13.1 Å². The highest BCUT2D eigenvalue weighted by Gasteiger charge is 2.49. The lowest BCUT2D eigenvalue weighted by Gasteiger charge is -2.49. The lowest BCUT2D eigenvalue weighted by atomic mass is 9.87. The summed E-state index contributed by atoms with van der Waals surface area (Å²) in [5.41, 5.74) is 1.57. The van der Waals surface area contributed by atoms with E-state index in [1.54, 1.807) is 11.1 Å². The molecule has 0 atom stereocenters. The summed E-state index contributed by atoms with van der Waals surface area (Å²) in [5, 5.41) is 15.3. The number of aromatic nitrogens is 3. The zero-order chi connectivity index (χ0) is 23.6. The number of pyridine rings is 1. The predicted molar refractivity (Wildman–Crippen MR) is 124 cm³/mol. The Morgan fingerprint density at radius 3 is 2.58 bits per heavy atom. The fraction of sp³-hybridized carbons (Fsp3) is 0.440. The first-order valence-electron chi connectivity index (χ1n) is 11.1. The number of nitrogens with zero attached hydrogens (tertiary/aromatic N) is 5. The second-order valence-corrected chi connectivity index (χ2v) is 9.39. The molecule has 3 aromatic rings. The summed E-state index contributed by atoms with van der Waals surface area (Å²) in [6.45, 7) is 8.67. The lowest BCUT2D eigenvalue weighted by molar-refractivity contribution is -0.0300. The normalized spacial score (nSPS) is 15.1. The fourth-order valence-corrected chi connectivity index (χ4v) is 4.14. The first-order valence-corrected chi connectivity index (χ1v) is 11.1. The Morgan fingerprint density at radius 2 is 1.94 bits per heavy atom. The van der Waals surface area contributed by atoms with E-state index in [1.807, 2.05) is 68.8 Å². The van der Waals surface area contributed by atoms with E-state index >= 15 is 0 Å². The number of nitriles is 1. The molecule has 2 aromatic heterocycles. The van der Waals surface area contributed by atoms with Gasteiger partial charge in [-0.2, -0.15) is 10.4 Å². The van der Waals surface area contributed by atoms with Crippen molar-refractivity contribution < 1.29 is 14.3 Å². The van der Waals surface area contributed by atoms with Crippen LogP contribution in [0, 0.1) is 11.3 Å². The molecule has 1 amide bonds. The van der Waals surface area contributed by atoms with Crippen LogP contribution in [0.1, 0.15) is 45.4 Å². The molecule has 0 saturated carbocycles. The molecule has 1 fully saturated rings. The van der Waals surface area contributed by atoms with Gasteiger partial charge in [-0.15, -0.1) is 0 Å². The van der Waals surface area contributed by atoms with Gasteiger partial charge in [-0.25, -0.2) is 9.78 Å². The van der Waals surface area contributed by atoms with Gasteiger partial charge in [0.05, 0.1) is 42.2 Å². The summed E-state index contributed by atoms with van der Waals surface area (Å²) >= 11 is 0. The number of carbonyl (C=O) groups is 1. The van der Waals surface area contributed by atoms with Crippen LogP contribution in [0.5, 0.6) is 5.88 Å². The van der Waals surface area contributed by atoms with Gasteiger partial charge in [0, 0.05) is 6.20 Å². The molecule has 1 aromatic carbocycles. The van der Waals surface area contributed by atoms with Gasteiger partial charge in [0.25, 0.3) is 0 Å². The zero-order valence-electron chi connectivity index (χ0n) is 19.5. The van der Waals surface area contributed by atoms with Crippen LogP contribution in [0.15, 0.2) is 42.6 Å². The molecule has 8 heteroatoms. The third-order valence-electron chi connectivity index (χ3n) is 5.66. The van der Waals surface area contributed by atoms with Crippen LogP contribution in [0.2, 0.25) is 0 Å². The third kappa shape index (κ3) is 4.49. The average Bonchev–Trinajstić information content (AvgIpc) is 3.13. The first kappa shape index (κ1) is 22.6. The predicted octanol–water partition coefficient (Wildman–Crippen LogP) is 4.43. The minimum atomic E-state index is -0.616. The molecular weight excluding hydrogens is 418 g/mol. The number of hydrogen-bond acceptors (Lipinski definition) is 6. The topological polar surface area (TPSA) is 93.3 Å². The van der Waals surface area contributed by atoms with E-state index in [4.69, 9.17) is 14.6 Å². The molecule has 8 nitrogen and oxygen atoms in total. The zero-order valence-corrected chi connectivity index (χ0v) is 19.5. The second kappa shape index (κ2) is 8.74. The van der Waals surface area contributed by atoms with Crippen LogP contribution in [0.25, 0.3) is 10.9 Å². The Morgan fingerprint density at radius 1 is 1.21 bits per heavy atom. The van der Waals surface area contributed by atoms with E-state index in [0.717, 1.165) is 22.2 Å². The lowest BCUT2D eigenvalue weighted by Crippen LogP contribution is -2.64. The van der Waals surface area contributed by atoms with Crippen LogP contribution in [0.3, 0.4) is 0 Å². The minimum absolute atomic E-state index is 0.231. The van der Waals surface area contributed by atoms with Gasteiger partial charge in [-0.3, -0.25) is 4.68 Å². The van der Waals surface area contributed by atoms with Crippen LogP contribution >= 0.6 is 0 Å². The molecule has 0 N–H and O–H groups in total. The maximum absolute atomic E-state index is 12.5. The highest BCUT2D eigenvalue weighted by atomic mass is 16.6. The average molecular weight is 448 g/mol. The van der Waals surface area contributed by atoms with Crippen LogP contribution in [0.4, 0.5) is 4.79 Å². The van der Waals surface area contributed by atoms with Crippen LogP contribution in [-0.4, -0.2) is 44.4 Å². The second-order valence-electron chi connectivity index (χ2n) is 9.39.